The minimum Gasteiger partial charge on any atom is -0.330 e. The van der Waals surface area contributed by atoms with Crippen LogP contribution in [0.1, 0.15) is 50.3 Å². The predicted molar refractivity (Wildman–Crippen MR) is 79.2 cm³/mol. The maximum absolute atomic E-state index is 6.34. The van der Waals surface area contributed by atoms with Gasteiger partial charge >= 0.3 is 0 Å². The average Bonchev–Trinajstić information content (AvgIpc) is 2.86. The van der Waals surface area contributed by atoms with E-state index in [9.17, 15) is 0 Å². The zero-order chi connectivity index (χ0) is 13.5. The van der Waals surface area contributed by atoms with Crippen LogP contribution in [0.2, 0.25) is 0 Å². The Hall–Kier alpha value is -0.870. The Morgan fingerprint density at radius 2 is 1.95 bits per heavy atom. The highest BCUT2D eigenvalue weighted by Crippen LogP contribution is 2.41. The van der Waals surface area contributed by atoms with E-state index in [0.29, 0.717) is 12.1 Å². The summed E-state index contributed by atoms with van der Waals surface area (Å²) in [6.07, 6.45) is 12.3. The molecule has 110 valence electrons. The van der Waals surface area contributed by atoms with Crippen LogP contribution in [0.3, 0.4) is 0 Å². The molecular formula is C16H26N4. The molecule has 0 bridgehead atoms. The summed E-state index contributed by atoms with van der Waals surface area (Å²) in [4.78, 5) is 6.95. The summed E-state index contributed by atoms with van der Waals surface area (Å²) in [5.41, 5.74) is 7.72. The van der Waals surface area contributed by atoms with Gasteiger partial charge in [0.1, 0.15) is 0 Å². The maximum Gasteiger partial charge on any atom is 0.0951 e. The smallest absolute Gasteiger partial charge is 0.0951 e. The SMILES string of the molecule is N[C@H]1CN(Cc2cncn2C2CCCC2)C[C@@H]1C1CC1. The molecule has 1 saturated heterocycles. The number of hydrogen-bond acceptors (Lipinski definition) is 3. The molecule has 0 unspecified atom stereocenters. The van der Waals surface area contributed by atoms with E-state index >= 15 is 0 Å². The highest BCUT2D eigenvalue weighted by atomic mass is 15.2. The lowest BCUT2D eigenvalue weighted by Crippen LogP contribution is -2.30. The van der Waals surface area contributed by atoms with Gasteiger partial charge in [-0.2, -0.15) is 0 Å². The Balaban J connectivity index is 1.43. The minimum absolute atomic E-state index is 0.394. The summed E-state index contributed by atoms with van der Waals surface area (Å²) in [6.45, 7) is 3.30. The Bertz CT molecular complexity index is 459. The fourth-order valence-corrected chi connectivity index (χ4v) is 4.29. The fraction of sp³-hybridized carbons (Fsp3) is 0.812. The Labute approximate surface area is 121 Å². The first-order valence-corrected chi connectivity index (χ1v) is 8.30. The lowest BCUT2D eigenvalue weighted by atomic mass is 9.99. The average molecular weight is 274 g/mol. The molecule has 4 heteroatoms. The van der Waals surface area contributed by atoms with Gasteiger partial charge in [0.15, 0.2) is 0 Å². The molecule has 4 rings (SSSR count). The molecule has 2 heterocycles. The fourth-order valence-electron chi connectivity index (χ4n) is 4.29. The van der Waals surface area contributed by atoms with Gasteiger partial charge in [-0.05, 0) is 37.5 Å². The van der Waals surface area contributed by atoms with Crippen LogP contribution >= 0.6 is 0 Å². The van der Waals surface area contributed by atoms with Crippen LogP contribution in [-0.2, 0) is 6.54 Å². The predicted octanol–water partition coefficient (Wildman–Crippen LogP) is 2.17. The molecule has 3 aliphatic rings. The molecule has 1 aliphatic heterocycles. The van der Waals surface area contributed by atoms with Crippen molar-refractivity contribution >= 4 is 0 Å². The molecule has 20 heavy (non-hydrogen) atoms. The summed E-state index contributed by atoms with van der Waals surface area (Å²) in [5.74, 6) is 1.67. The highest BCUT2D eigenvalue weighted by Gasteiger charge is 2.40. The number of nitrogens with zero attached hydrogens (tertiary/aromatic N) is 3. The molecule has 0 amide bonds. The number of likely N-dealkylation sites (tertiary alicyclic amines) is 1. The van der Waals surface area contributed by atoms with Crippen LogP contribution in [0.4, 0.5) is 0 Å². The van der Waals surface area contributed by atoms with Crippen molar-refractivity contribution in [2.75, 3.05) is 13.1 Å². The minimum atomic E-state index is 0.394. The second-order valence-corrected chi connectivity index (χ2v) is 7.09. The largest absolute Gasteiger partial charge is 0.330 e. The maximum atomic E-state index is 6.34. The number of aromatic nitrogens is 2. The Morgan fingerprint density at radius 1 is 1.15 bits per heavy atom. The first-order chi connectivity index (χ1) is 9.81. The molecule has 2 aliphatic carbocycles. The standard InChI is InChI=1S/C16H26N4/c17-16-10-19(9-15(16)12-5-6-12)8-14-7-18-11-20(14)13-3-1-2-4-13/h7,11-13,15-16H,1-6,8-10,17H2/t15-,16+/m1/s1. The summed E-state index contributed by atoms with van der Waals surface area (Å²) in [5, 5.41) is 0. The number of imidazole rings is 1. The van der Waals surface area contributed by atoms with Crippen molar-refractivity contribution in [1.82, 2.24) is 14.5 Å². The van der Waals surface area contributed by atoms with E-state index in [-0.39, 0.29) is 0 Å². The quantitative estimate of drug-likeness (QED) is 0.915. The zero-order valence-corrected chi connectivity index (χ0v) is 12.2. The van der Waals surface area contributed by atoms with E-state index in [2.05, 4.69) is 20.6 Å². The topological polar surface area (TPSA) is 47.1 Å². The monoisotopic (exact) mass is 274 g/mol. The van der Waals surface area contributed by atoms with Gasteiger partial charge in [-0.25, -0.2) is 4.98 Å². The zero-order valence-electron chi connectivity index (χ0n) is 12.2. The number of hydrogen-bond donors (Lipinski definition) is 1. The second-order valence-electron chi connectivity index (χ2n) is 7.09. The van der Waals surface area contributed by atoms with Gasteiger partial charge in [-0.1, -0.05) is 12.8 Å². The van der Waals surface area contributed by atoms with Crippen LogP contribution < -0.4 is 5.73 Å². The summed E-state index contributed by atoms with van der Waals surface area (Å²) >= 11 is 0. The van der Waals surface area contributed by atoms with E-state index in [1.54, 1.807) is 0 Å². The molecule has 2 N–H and O–H groups in total. The van der Waals surface area contributed by atoms with Gasteiger partial charge in [0.2, 0.25) is 0 Å². The molecular weight excluding hydrogens is 248 g/mol. The normalized spacial score (nSPS) is 32.2. The van der Waals surface area contributed by atoms with E-state index < -0.39 is 0 Å². The highest BCUT2D eigenvalue weighted by molar-refractivity contribution is 5.04. The van der Waals surface area contributed by atoms with Crippen molar-refractivity contribution in [3.05, 3.63) is 18.2 Å². The second kappa shape index (κ2) is 5.15. The summed E-state index contributed by atoms with van der Waals surface area (Å²) < 4.78 is 2.43. The van der Waals surface area contributed by atoms with Crippen LogP contribution in [-0.4, -0.2) is 33.6 Å². The third-order valence-corrected chi connectivity index (χ3v) is 5.57. The van der Waals surface area contributed by atoms with Gasteiger partial charge in [-0.3, -0.25) is 4.90 Å². The molecule has 1 aromatic rings. The summed E-state index contributed by atoms with van der Waals surface area (Å²) in [7, 11) is 0. The van der Waals surface area contributed by atoms with Crippen LogP contribution in [0.15, 0.2) is 12.5 Å². The van der Waals surface area contributed by atoms with Crippen molar-refractivity contribution in [1.29, 1.82) is 0 Å². The van der Waals surface area contributed by atoms with Gasteiger partial charge in [0, 0.05) is 37.9 Å². The van der Waals surface area contributed by atoms with Crippen LogP contribution in [0.5, 0.6) is 0 Å². The van der Waals surface area contributed by atoms with Crippen molar-refractivity contribution in [3.8, 4) is 0 Å². The van der Waals surface area contributed by atoms with Gasteiger partial charge in [-0.15, -0.1) is 0 Å². The molecule has 3 fully saturated rings. The molecule has 0 spiro atoms. The third kappa shape index (κ3) is 2.40. The molecule has 2 saturated carbocycles. The van der Waals surface area contributed by atoms with E-state index in [0.717, 1.165) is 24.9 Å². The van der Waals surface area contributed by atoms with Gasteiger partial charge < -0.3 is 10.3 Å². The lowest BCUT2D eigenvalue weighted by Gasteiger charge is -2.20. The summed E-state index contributed by atoms with van der Waals surface area (Å²) in [6, 6.07) is 1.09. The number of nitrogens with two attached hydrogens (primary N) is 1. The molecule has 2 atom stereocenters. The van der Waals surface area contributed by atoms with E-state index in [1.807, 2.05) is 6.33 Å². The third-order valence-electron chi connectivity index (χ3n) is 5.57. The van der Waals surface area contributed by atoms with Crippen molar-refractivity contribution in [2.24, 2.45) is 17.6 Å². The van der Waals surface area contributed by atoms with Crippen molar-refractivity contribution < 1.29 is 0 Å². The van der Waals surface area contributed by atoms with E-state index in [4.69, 9.17) is 5.73 Å². The van der Waals surface area contributed by atoms with Crippen LogP contribution in [0, 0.1) is 11.8 Å². The molecule has 0 radical (unpaired) electrons. The Kier molecular flexibility index (Phi) is 3.31. The van der Waals surface area contributed by atoms with Gasteiger partial charge in [0.25, 0.3) is 0 Å². The lowest BCUT2D eigenvalue weighted by molar-refractivity contribution is 0.297. The molecule has 0 aromatic carbocycles. The first-order valence-electron chi connectivity index (χ1n) is 8.30. The molecule has 4 nitrogen and oxygen atoms in total. The van der Waals surface area contributed by atoms with Crippen molar-refractivity contribution in [3.63, 3.8) is 0 Å². The van der Waals surface area contributed by atoms with Crippen LogP contribution in [0.25, 0.3) is 0 Å². The van der Waals surface area contributed by atoms with Gasteiger partial charge in [0.05, 0.1) is 12.0 Å². The Morgan fingerprint density at radius 3 is 2.70 bits per heavy atom. The van der Waals surface area contributed by atoms with E-state index in [1.165, 1.54) is 50.8 Å². The first kappa shape index (κ1) is 12.8. The van der Waals surface area contributed by atoms with Crippen molar-refractivity contribution in [2.45, 2.75) is 57.2 Å². The molecule has 1 aromatic heterocycles. The number of rotatable bonds is 4.